The van der Waals surface area contributed by atoms with Gasteiger partial charge in [-0.2, -0.15) is 0 Å². The Labute approximate surface area is 115 Å². The normalized spacial score (nSPS) is 24.1. The molecule has 1 atom stereocenters. The smallest absolute Gasteiger partial charge is 0.0688 e. The molecule has 2 heteroatoms. The van der Waals surface area contributed by atoms with E-state index in [2.05, 4.69) is 30.3 Å². The number of hydrogen-bond acceptors (Lipinski definition) is 1. The van der Waals surface area contributed by atoms with Crippen LogP contribution in [0.25, 0.3) is 0 Å². The van der Waals surface area contributed by atoms with Gasteiger partial charge in [0.1, 0.15) is 0 Å². The SMILES string of the molecule is C#CC(CCC)NC1CC(c2ccccc2Cl)C1. The second kappa shape index (κ2) is 6.27. The number of terminal acetylenes is 1. The Bertz CT molecular complexity index is 429. The Morgan fingerprint density at radius 1 is 1.44 bits per heavy atom. The molecule has 1 N–H and O–H groups in total. The fourth-order valence-electron chi connectivity index (χ4n) is 2.60. The molecule has 0 bridgehead atoms. The lowest BCUT2D eigenvalue weighted by Crippen LogP contribution is -2.45. The molecule has 1 unspecified atom stereocenters. The maximum Gasteiger partial charge on any atom is 0.0688 e. The van der Waals surface area contributed by atoms with Crippen molar-refractivity contribution < 1.29 is 0 Å². The molecule has 1 saturated carbocycles. The van der Waals surface area contributed by atoms with Crippen molar-refractivity contribution in [3.8, 4) is 12.3 Å². The molecule has 18 heavy (non-hydrogen) atoms. The van der Waals surface area contributed by atoms with Crippen molar-refractivity contribution in [2.45, 2.75) is 50.6 Å². The van der Waals surface area contributed by atoms with E-state index in [9.17, 15) is 0 Å². The van der Waals surface area contributed by atoms with Crippen LogP contribution >= 0.6 is 11.6 Å². The Morgan fingerprint density at radius 2 is 2.17 bits per heavy atom. The van der Waals surface area contributed by atoms with Gasteiger partial charge < -0.3 is 5.32 Å². The van der Waals surface area contributed by atoms with E-state index >= 15 is 0 Å². The molecule has 0 amide bonds. The first-order chi connectivity index (χ1) is 8.74. The molecule has 0 aromatic heterocycles. The molecular formula is C16H20ClN. The van der Waals surface area contributed by atoms with E-state index in [1.165, 1.54) is 5.56 Å². The zero-order chi connectivity index (χ0) is 13.0. The second-order valence-corrected chi connectivity index (χ2v) is 5.47. The molecule has 0 aliphatic heterocycles. The van der Waals surface area contributed by atoms with Crippen LogP contribution in [0.15, 0.2) is 24.3 Å². The first kappa shape index (κ1) is 13.5. The molecular weight excluding hydrogens is 242 g/mol. The van der Waals surface area contributed by atoms with E-state index < -0.39 is 0 Å². The number of nitrogens with one attached hydrogen (secondary N) is 1. The fraction of sp³-hybridized carbons (Fsp3) is 0.500. The molecule has 2 rings (SSSR count). The third-order valence-electron chi connectivity index (χ3n) is 3.70. The summed E-state index contributed by atoms with van der Waals surface area (Å²) in [6.07, 6.45) is 10.00. The topological polar surface area (TPSA) is 12.0 Å². The summed E-state index contributed by atoms with van der Waals surface area (Å²) in [5, 5.41) is 4.44. The highest BCUT2D eigenvalue weighted by Crippen LogP contribution is 2.40. The maximum atomic E-state index is 6.21. The lowest BCUT2D eigenvalue weighted by molar-refractivity contribution is 0.276. The standard InChI is InChI=1S/C16H20ClN/c1-3-7-13(4-2)18-14-10-12(11-14)15-8-5-6-9-16(15)17/h2,5-6,8-9,12-14,18H,3,7,10-11H2,1H3. The Hall–Kier alpha value is -0.970. The van der Waals surface area contributed by atoms with Crippen molar-refractivity contribution in [3.63, 3.8) is 0 Å². The molecule has 1 aromatic rings. The number of hydrogen-bond donors (Lipinski definition) is 1. The minimum absolute atomic E-state index is 0.229. The summed E-state index contributed by atoms with van der Waals surface area (Å²) in [7, 11) is 0. The summed E-state index contributed by atoms with van der Waals surface area (Å²) in [5.41, 5.74) is 1.28. The van der Waals surface area contributed by atoms with Gasteiger partial charge in [-0.25, -0.2) is 0 Å². The van der Waals surface area contributed by atoms with E-state index in [0.717, 1.165) is 30.7 Å². The highest BCUT2D eigenvalue weighted by atomic mass is 35.5. The predicted molar refractivity (Wildman–Crippen MR) is 77.9 cm³/mol. The van der Waals surface area contributed by atoms with Gasteiger partial charge in [-0.1, -0.05) is 49.1 Å². The van der Waals surface area contributed by atoms with Gasteiger partial charge in [0.05, 0.1) is 6.04 Å². The summed E-state index contributed by atoms with van der Waals surface area (Å²) in [6.45, 7) is 2.17. The number of halogens is 1. The highest BCUT2D eigenvalue weighted by Gasteiger charge is 2.32. The van der Waals surface area contributed by atoms with Crippen molar-refractivity contribution >= 4 is 11.6 Å². The van der Waals surface area contributed by atoms with Crippen molar-refractivity contribution in [2.75, 3.05) is 0 Å². The molecule has 1 nitrogen and oxygen atoms in total. The van der Waals surface area contributed by atoms with Gasteiger partial charge in [-0.05, 0) is 36.8 Å². The molecule has 0 heterocycles. The fourth-order valence-corrected chi connectivity index (χ4v) is 2.89. The summed E-state index contributed by atoms with van der Waals surface area (Å²) in [4.78, 5) is 0. The minimum Gasteiger partial charge on any atom is -0.301 e. The highest BCUT2D eigenvalue weighted by molar-refractivity contribution is 6.31. The van der Waals surface area contributed by atoms with Gasteiger partial charge in [0.25, 0.3) is 0 Å². The lowest BCUT2D eigenvalue weighted by atomic mass is 9.75. The van der Waals surface area contributed by atoms with Gasteiger partial charge >= 0.3 is 0 Å². The van der Waals surface area contributed by atoms with Crippen LogP contribution in [-0.4, -0.2) is 12.1 Å². The number of benzene rings is 1. The van der Waals surface area contributed by atoms with Crippen molar-refractivity contribution in [1.29, 1.82) is 0 Å². The molecule has 1 aliphatic carbocycles. The predicted octanol–water partition coefficient (Wildman–Crippen LogP) is 3.98. The van der Waals surface area contributed by atoms with E-state index in [0.29, 0.717) is 12.0 Å². The van der Waals surface area contributed by atoms with Crippen LogP contribution in [-0.2, 0) is 0 Å². The van der Waals surface area contributed by atoms with Crippen molar-refractivity contribution in [3.05, 3.63) is 34.9 Å². The third kappa shape index (κ3) is 3.07. The van der Waals surface area contributed by atoms with Gasteiger partial charge in [-0.3, -0.25) is 0 Å². The molecule has 0 spiro atoms. The average Bonchev–Trinajstić information content (AvgIpc) is 2.33. The van der Waals surface area contributed by atoms with Crippen LogP contribution in [0.5, 0.6) is 0 Å². The minimum atomic E-state index is 0.229. The molecule has 1 fully saturated rings. The molecule has 1 aliphatic rings. The Balaban J connectivity index is 1.84. The molecule has 96 valence electrons. The third-order valence-corrected chi connectivity index (χ3v) is 4.04. The van der Waals surface area contributed by atoms with Gasteiger partial charge in [0, 0.05) is 11.1 Å². The second-order valence-electron chi connectivity index (χ2n) is 5.06. The van der Waals surface area contributed by atoms with Gasteiger partial charge in [0.2, 0.25) is 0 Å². The van der Waals surface area contributed by atoms with Crippen LogP contribution < -0.4 is 5.32 Å². The largest absolute Gasteiger partial charge is 0.301 e. The van der Waals surface area contributed by atoms with Crippen LogP contribution in [0.1, 0.15) is 44.1 Å². The zero-order valence-corrected chi connectivity index (χ0v) is 11.6. The number of rotatable bonds is 5. The van der Waals surface area contributed by atoms with Crippen molar-refractivity contribution in [2.24, 2.45) is 0 Å². The quantitative estimate of drug-likeness (QED) is 0.791. The van der Waals surface area contributed by atoms with E-state index in [1.54, 1.807) is 0 Å². The van der Waals surface area contributed by atoms with Crippen LogP contribution in [0, 0.1) is 12.3 Å². The van der Waals surface area contributed by atoms with Crippen LogP contribution in [0.3, 0.4) is 0 Å². The summed E-state index contributed by atoms with van der Waals surface area (Å²) in [5.74, 6) is 3.42. The monoisotopic (exact) mass is 261 g/mol. The van der Waals surface area contributed by atoms with Gasteiger partial charge in [0.15, 0.2) is 0 Å². The maximum absolute atomic E-state index is 6.21. The van der Waals surface area contributed by atoms with Crippen LogP contribution in [0.2, 0.25) is 5.02 Å². The van der Waals surface area contributed by atoms with E-state index in [1.807, 2.05) is 12.1 Å². The zero-order valence-electron chi connectivity index (χ0n) is 10.8. The molecule has 1 aromatic carbocycles. The lowest BCUT2D eigenvalue weighted by Gasteiger charge is -2.38. The molecule has 0 saturated heterocycles. The van der Waals surface area contributed by atoms with E-state index in [4.69, 9.17) is 18.0 Å². The summed E-state index contributed by atoms with van der Waals surface area (Å²) in [6, 6.07) is 8.93. The summed E-state index contributed by atoms with van der Waals surface area (Å²) < 4.78 is 0. The Kier molecular flexibility index (Phi) is 4.69. The Morgan fingerprint density at radius 3 is 2.78 bits per heavy atom. The summed E-state index contributed by atoms with van der Waals surface area (Å²) >= 11 is 6.21. The van der Waals surface area contributed by atoms with Crippen LogP contribution in [0.4, 0.5) is 0 Å². The molecule has 0 radical (unpaired) electrons. The first-order valence-electron chi connectivity index (χ1n) is 6.71. The van der Waals surface area contributed by atoms with E-state index in [-0.39, 0.29) is 6.04 Å². The van der Waals surface area contributed by atoms with Crippen molar-refractivity contribution in [1.82, 2.24) is 5.32 Å². The average molecular weight is 262 g/mol. The van der Waals surface area contributed by atoms with Gasteiger partial charge in [-0.15, -0.1) is 6.42 Å². The first-order valence-corrected chi connectivity index (χ1v) is 7.09.